The highest BCUT2D eigenvalue weighted by atomic mass is 16.3. The number of nitrogens with one attached hydrogen (secondary N) is 2. The second-order valence-electron chi connectivity index (χ2n) is 4.34. The first-order chi connectivity index (χ1) is 8.33. The topological polar surface area (TPSA) is 54.3 Å². The number of hydrogen-bond donors (Lipinski definition) is 2. The molecular weight excluding hydrogens is 216 g/mol. The van der Waals surface area contributed by atoms with Crippen LogP contribution in [0.4, 0.5) is 0 Å². The van der Waals surface area contributed by atoms with Gasteiger partial charge in [0.15, 0.2) is 0 Å². The van der Waals surface area contributed by atoms with Gasteiger partial charge < -0.3 is 15.1 Å². The van der Waals surface area contributed by atoms with Crippen LogP contribution in [0.15, 0.2) is 34.9 Å². The van der Waals surface area contributed by atoms with Gasteiger partial charge in [0.1, 0.15) is 5.58 Å². The fraction of sp³-hybridized carbons (Fsp3) is 0.308. The van der Waals surface area contributed by atoms with E-state index in [9.17, 15) is 4.79 Å². The van der Waals surface area contributed by atoms with Crippen molar-refractivity contribution < 1.29 is 9.21 Å². The molecule has 1 amide bonds. The highest BCUT2D eigenvalue weighted by Gasteiger charge is 2.20. The predicted octanol–water partition coefficient (Wildman–Crippen LogP) is 1.41. The van der Waals surface area contributed by atoms with E-state index in [1.54, 1.807) is 6.26 Å². The van der Waals surface area contributed by atoms with E-state index in [-0.39, 0.29) is 11.9 Å². The van der Waals surface area contributed by atoms with Gasteiger partial charge in [-0.3, -0.25) is 4.79 Å². The molecule has 1 atom stereocenters. The average molecular weight is 230 g/mol. The SMILES string of the molecule is O=C1CC(NCc2coc3ccccc23)CN1. The summed E-state index contributed by atoms with van der Waals surface area (Å²) in [7, 11) is 0. The summed E-state index contributed by atoms with van der Waals surface area (Å²) in [6.07, 6.45) is 2.34. The van der Waals surface area contributed by atoms with Crippen LogP contribution in [0, 0.1) is 0 Å². The molecule has 2 N–H and O–H groups in total. The van der Waals surface area contributed by atoms with E-state index < -0.39 is 0 Å². The van der Waals surface area contributed by atoms with Gasteiger partial charge >= 0.3 is 0 Å². The van der Waals surface area contributed by atoms with E-state index in [1.807, 2.05) is 24.3 Å². The molecule has 4 nitrogen and oxygen atoms in total. The van der Waals surface area contributed by atoms with Crippen molar-refractivity contribution in [3.63, 3.8) is 0 Å². The van der Waals surface area contributed by atoms with Gasteiger partial charge in [0.05, 0.1) is 6.26 Å². The van der Waals surface area contributed by atoms with Gasteiger partial charge in [0, 0.05) is 36.5 Å². The van der Waals surface area contributed by atoms with Crippen molar-refractivity contribution in [1.82, 2.24) is 10.6 Å². The van der Waals surface area contributed by atoms with Crippen LogP contribution in [0.1, 0.15) is 12.0 Å². The Hall–Kier alpha value is -1.81. The first-order valence-electron chi connectivity index (χ1n) is 5.78. The summed E-state index contributed by atoms with van der Waals surface area (Å²) in [6, 6.07) is 8.20. The summed E-state index contributed by atoms with van der Waals surface area (Å²) >= 11 is 0. The maximum Gasteiger partial charge on any atom is 0.221 e. The third-order valence-electron chi connectivity index (χ3n) is 3.12. The molecule has 0 radical (unpaired) electrons. The molecule has 17 heavy (non-hydrogen) atoms. The van der Waals surface area contributed by atoms with Gasteiger partial charge in [-0.1, -0.05) is 18.2 Å². The minimum atomic E-state index is 0.125. The average Bonchev–Trinajstić information content (AvgIpc) is 2.93. The van der Waals surface area contributed by atoms with E-state index in [2.05, 4.69) is 10.6 Å². The molecule has 2 aromatic rings. The van der Waals surface area contributed by atoms with Gasteiger partial charge in [-0.25, -0.2) is 0 Å². The second-order valence-corrected chi connectivity index (χ2v) is 4.34. The minimum Gasteiger partial charge on any atom is -0.464 e. The molecule has 1 aliphatic heterocycles. The summed E-state index contributed by atoms with van der Waals surface area (Å²) in [4.78, 5) is 11.1. The fourth-order valence-electron chi connectivity index (χ4n) is 2.17. The Morgan fingerprint density at radius 2 is 2.29 bits per heavy atom. The molecule has 3 rings (SSSR count). The Morgan fingerprint density at radius 1 is 1.41 bits per heavy atom. The quantitative estimate of drug-likeness (QED) is 0.838. The van der Waals surface area contributed by atoms with Crippen LogP contribution in [0.25, 0.3) is 11.0 Å². The van der Waals surface area contributed by atoms with E-state index >= 15 is 0 Å². The number of fused-ring (bicyclic) bond motifs is 1. The lowest BCUT2D eigenvalue weighted by Gasteiger charge is -2.08. The molecule has 88 valence electrons. The monoisotopic (exact) mass is 230 g/mol. The van der Waals surface area contributed by atoms with Gasteiger partial charge in [0.25, 0.3) is 0 Å². The first-order valence-corrected chi connectivity index (χ1v) is 5.78. The number of carbonyl (C=O) groups is 1. The maximum absolute atomic E-state index is 11.1. The molecule has 1 aromatic heterocycles. The molecule has 4 heteroatoms. The molecular formula is C13H14N2O2. The number of rotatable bonds is 3. The minimum absolute atomic E-state index is 0.125. The third kappa shape index (κ3) is 2.03. The van der Waals surface area contributed by atoms with Crippen LogP contribution in [0.2, 0.25) is 0 Å². The molecule has 0 saturated carbocycles. The number of carbonyl (C=O) groups excluding carboxylic acids is 1. The lowest BCUT2D eigenvalue weighted by atomic mass is 10.1. The molecule has 1 fully saturated rings. The summed E-state index contributed by atoms with van der Waals surface area (Å²) in [6.45, 7) is 1.45. The molecule has 0 spiro atoms. The third-order valence-corrected chi connectivity index (χ3v) is 3.12. The van der Waals surface area contributed by atoms with Crippen LogP contribution in [0.5, 0.6) is 0 Å². The van der Waals surface area contributed by atoms with Crippen molar-refractivity contribution in [1.29, 1.82) is 0 Å². The highest BCUT2D eigenvalue weighted by molar-refractivity contribution is 5.81. The maximum atomic E-state index is 11.1. The van der Waals surface area contributed by atoms with Crippen LogP contribution in [0.3, 0.4) is 0 Å². The Balaban J connectivity index is 1.71. The van der Waals surface area contributed by atoms with E-state index in [0.29, 0.717) is 13.0 Å². The summed E-state index contributed by atoms with van der Waals surface area (Å²) in [5, 5.41) is 7.31. The number of benzene rings is 1. The molecule has 0 bridgehead atoms. The van der Waals surface area contributed by atoms with Gasteiger partial charge in [0.2, 0.25) is 5.91 Å². The van der Waals surface area contributed by atoms with Crippen molar-refractivity contribution >= 4 is 16.9 Å². The van der Waals surface area contributed by atoms with Crippen molar-refractivity contribution in [3.8, 4) is 0 Å². The molecule has 1 saturated heterocycles. The normalized spacial score (nSPS) is 19.8. The van der Waals surface area contributed by atoms with Crippen LogP contribution >= 0.6 is 0 Å². The van der Waals surface area contributed by atoms with Gasteiger partial charge in [-0.2, -0.15) is 0 Å². The van der Waals surface area contributed by atoms with Crippen molar-refractivity contribution in [3.05, 3.63) is 36.1 Å². The van der Waals surface area contributed by atoms with E-state index in [0.717, 1.165) is 23.1 Å². The molecule has 1 unspecified atom stereocenters. The Kier molecular flexibility index (Phi) is 2.57. The molecule has 1 aliphatic rings. The van der Waals surface area contributed by atoms with Gasteiger partial charge in [-0.05, 0) is 6.07 Å². The Morgan fingerprint density at radius 3 is 3.12 bits per heavy atom. The van der Waals surface area contributed by atoms with Crippen LogP contribution < -0.4 is 10.6 Å². The molecule has 2 heterocycles. The van der Waals surface area contributed by atoms with Crippen molar-refractivity contribution in [2.24, 2.45) is 0 Å². The zero-order valence-corrected chi connectivity index (χ0v) is 9.40. The number of furan rings is 1. The Bertz CT molecular complexity index is 547. The summed E-state index contributed by atoms with van der Waals surface area (Å²) in [5.74, 6) is 0.125. The number of hydrogen-bond acceptors (Lipinski definition) is 3. The fourth-order valence-corrected chi connectivity index (χ4v) is 2.17. The Labute approximate surface area is 99.0 Å². The van der Waals surface area contributed by atoms with Gasteiger partial charge in [-0.15, -0.1) is 0 Å². The lowest BCUT2D eigenvalue weighted by Crippen LogP contribution is -2.30. The molecule has 0 aliphatic carbocycles. The standard InChI is InChI=1S/C13H14N2O2/c16-13-5-10(7-15-13)14-6-9-8-17-12-4-2-1-3-11(9)12/h1-4,8,10,14H,5-7H2,(H,15,16). The van der Waals surface area contributed by atoms with E-state index in [4.69, 9.17) is 4.42 Å². The van der Waals surface area contributed by atoms with Crippen LogP contribution in [-0.2, 0) is 11.3 Å². The summed E-state index contributed by atoms with van der Waals surface area (Å²) in [5.41, 5.74) is 2.05. The lowest BCUT2D eigenvalue weighted by molar-refractivity contribution is -0.119. The highest BCUT2D eigenvalue weighted by Crippen LogP contribution is 2.20. The first kappa shape index (κ1) is 10.4. The van der Waals surface area contributed by atoms with Crippen molar-refractivity contribution in [2.45, 2.75) is 19.0 Å². The van der Waals surface area contributed by atoms with E-state index in [1.165, 1.54) is 0 Å². The zero-order valence-electron chi connectivity index (χ0n) is 9.40. The number of para-hydroxylation sites is 1. The summed E-state index contributed by atoms with van der Waals surface area (Å²) < 4.78 is 5.46. The second kappa shape index (κ2) is 4.22. The molecule has 1 aromatic carbocycles. The largest absolute Gasteiger partial charge is 0.464 e. The zero-order chi connectivity index (χ0) is 11.7. The van der Waals surface area contributed by atoms with Crippen LogP contribution in [-0.4, -0.2) is 18.5 Å². The number of amides is 1. The predicted molar refractivity (Wildman–Crippen MR) is 64.5 cm³/mol. The smallest absolute Gasteiger partial charge is 0.221 e. The van der Waals surface area contributed by atoms with Crippen molar-refractivity contribution in [2.75, 3.05) is 6.54 Å².